The maximum absolute atomic E-state index is 2.65. The molecule has 0 N–H and O–H groups in total. The predicted molar refractivity (Wildman–Crippen MR) is 83.8 cm³/mol. The first-order valence-corrected chi connectivity index (χ1v) is 7.82. The maximum Gasteiger partial charge on any atom is 0.0110 e. The van der Waals surface area contributed by atoms with E-state index in [4.69, 9.17) is 0 Å². The Morgan fingerprint density at radius 2 is 1.26 bits per heavy atom. The summed E-state index contributed by atoms with van der Waals surface area (Å²) in [6.45, 7) is 9.80. The summed E-state index contributed by atoms with van der Waals surface area (Å²) in [5, 5.41) is 0. The minimum atomic E-state index is 1.20. The van der Waals surface area contributed by atoms with Crippen molar-refractivity contribution in [2.75, 3.05) is 80.5 Å². The van der Waals surface area contributed by atoms with E-state index in [2.05, 4.69) is 47.8 Å². The van der Waals surface area contributed by atoms with Crippen LogP contribution in [-0.2, 0) is 0 Å². The molecule has 1 heterocycles. The molecule has 114 valence electrons. The van der Waals surface area contributed by atoms with Gasteiger partial charge in [-0.1, -0.05) is 6.42 Å². The average molecular weight is 270 g/mol. The van der Waals surface area contributed by atoms with Crippen LogP contribution in [-0.4, -0.2) is 100 Å². The highest BCUT2D eigenvalue weighted by Crippen LogP contribution is 2.02. The lowest BCUT2D eigenvalue weighted by atomic mass is 10.2. The summed E-state index contributed by atoms with van der Waals surface area (Å²) in [7, 11) is 8.81. The van der Waals surface area contributed by atoms with Crippen molar-refractivity contribution in [1.29, 1.82) is 0 Å². The molecule has 0 amide bonds. The van der Waals surface area contributed by atoms with Gasteiger partial charge >= 0.3 is 0 Å². The quantitative estimate of drug-likeness (QED) is 0.665. The van der Waals surface area contributed by atoms with E-state index in [1.165, 1.54) is 71.6 Å². The molecule has 4 heteroatoms. The van der Waals surface area contributed by atoms with Crippen molar-refractivity contribution >= 4 is 0 Å². The molecule has 1 rings (SSSR count). The van der Waals surface area contributed by atoms with Crippen molar-refractivity contribution in [2.45, 2.75) is 19.3 Å². The zero-order chi connectivity index (χ0) is 14.1. The minimum absolute atomic E-state index is 1.20. The molecule has 0 aromatic carbocycles. The van der Waals surface area contributed by atoms with E-state index in [0.29, 0.717) is 0 Å². The number of unbranched alkanes of at least 4 members (excludes halogenated alkanes) is 2. The van der Waals surface area contributed by atoms with Crippen LogP contribution in [0.25, 0.3) is 0 Å². The molecule has 0 aromatic rings. The summed E-state index contributed by atoms with van der Waals surface area (Å²) in [6.07, 6.45) is 4.04. The van der Waals surface area contributed by atoms with Gasteiger partial charge in [-0.05, 0) is 54.1 Å². The highest BCUT2D eigenvalue weighted by Gasteiger charge is 2.11. The first kappa shape index (κ1) is 16.9. The Morgan fingerprint density at radius 1 is 0.737 bits per heavy atom. The third kappa shape index (κ3) is 8.58. The number of hydrogen-bond acceptors (Lipinski definition) is 4. The molecular formula is C15H34N4. The Labute approximate surface area is 120 Å². The van der Waals surface area contributed by atoms with Crippen molar-refractivity contribution in [3.63, 3.8) is 0 Å². The van der Waals surface area contributed by atoms with Crippen LogP contribution in [0.1, 0.15) is 19.3 Å². The fourth-order valence-electron chi connectivity index (χ4n) is 2.46. The molecule has 1 saturated heterocycles. The van der Waals surface area contributed by atoms with Crippen LogP contribution >= 0.6 is 0 Å². The monoisotopic (exact) mass is 270 g/mol. The van der Waals surface area contributed by atoms with Gasteiger partial charge in [-0.25, -0.2) is 0 Å². The molecule has 0 atom stereocenters. The third-order valence-electron chi connectivity index (χ3n) is 4.04. The second kappa shape index (κ2) is 9.70. The molecule has 19 heavy (non-hydrogen) atoms. The van der Waals surface area contributed by atoms with Gasteiger partial charge < -0.3 is 19.6 Å². The van der Waals surface area contributed by atoms with Crippen LogP contribution in [0.15, 0.2) is 0 Å². The molecule has 1 aliphatic heterocycles. The lowest BCUT2D eigenvalue weighted by Crippen LogP contribution is -2.35. The number of rotatable bonds is 6. The number of hydrogen-bond donors (Lipinski definition) is 0. The fourth-order valence-corrected chi connectivity index (χ4v) is 2.46. The van der Waals surface area contributed by atoms with Crippen LogP contribution < -0.4 is 0 Å². The molecule has 0 bridgehead atoms. The molecule has 1 fully saturated rings. The molecule has 0 aliphatic carbocycles. The van der Waals surface area contributed by atoms with Gasteiger partial charge in [-0.3, -0.25) is 0 Å². The van der Waals surface area contributed by atoms with Gasteiger partial charge in [0.2, 0.25) is 0 Å². The van der Waals surface area contributed by atoms with Gasteiger partial charge in [0.05, 0.1) is 0 Å². The maximum atomic E-state index is 2.65. The summed E-state index contributed by atoms with van der Waals surface area (Å²) in [5.41, 5.74) is 0. The average Bonchev–Trinajstić information content (AvgIpc) is 2.43. The van der Waals surface area contributed by atoms with Crippen LogP contribution in [0.3, 0.4) is 0 Å². The first-order chi connectivity index (χ1) is 9.08. The molecule has 0 saturated carbocycles. The zero-order valence-corrected chi connectivity index (χ0v) is 13.6. The van der Waals surface area contributed by atoms with Gasteiger partial charge in [-0.2, -0.15) is 0 Å². The van der Waals surface area contributed by atoms with Gasteiger partial charge in [0.1, 0.15) is 0 Å². The lowest BCUT2D eigenvalue weighted by Gasteiger charge is -2.24. The smallest absolute Gasteiger partial charge is 0.0110 e. The molecule has 0 spiro atoms. The lowest BCUT2D eigenvalue weighted by molar-refractivity contribution is 0.229. The molecule has 1 aliphatic rings. The Kier molecular flexibility index (Phi) is 8.62. The Bertz CT molecular complexity index is 206. The largest absolute Gasteiger partial charge is 0.309 e. The van der Waals surface area contributed by atoms with Crippen molar-refractivity contribution in [3.8, 4) is 0 Å². The van der Waals surface area contributed by atoms with Gasteiger partial charge in [0.15, 0.2) is 0 Å². The van der Waals surface area contributed by atoms with E-state index in [-0.39, 0.29) is 0 Å². The standard InChI is InChI=1S/C15H34N4/c1-16(2)8-6-5-7-9-19-14-12-17(3)10-11-18(4)13-15-19/h5-15H2,1-4H3. The second-order valence-electron chi connectivity index (χ2n) is 6.31. The van der Waals surface area contributed by atoms with Gasteiger partial charge in [0, 0.05) is 39.3 Å². The van der Waals surface area contributed by atoms with Crippen LogP contribution in [0.5, 0.6) is 0 Å². The van der Waals surface area contributed by atoms with Crippen molar-refractivity contribution in [1.82, 2.24) is 19.6 Å². The highest BCUT2D eigenvalue weighted by atomic mass is 15.2. The SMILES string of the molecule is CN(C)CCCCCN1CCN(C)CCN(C)CC1. The Hall–Kier alpha value is -0.160. The van der Waals surface area contributed by atoms with Gasteiger partial charge in [-0.15, -0.1) is 0 Å². The topological polar surface area (TPSA) is 13.0 Å². The summed E-state index contributed by atoms with van der Waals surface area (Å²) in [5.74, 6) is 0. The summed E-state index contributed by atoms with van der Waals surface area (Å²) in [6, 6.07) is 0. The van der Waals surface area contributed by atoms with Crippen LogP contribution in [0, 0.1) is 0 Å². The normalized spacial score (nSPS) is 21.3. The highest BCUT2D eigenvalue weighted by molar-refractivity contribution is 4.68. The fraction of sp³-hybridized carbons (Fsp3) is 1.00. The molecule has 0 aromatic heterocycles. The van der Waals surface area contributed by atoms with E-state index >= 15 is 0 Å². The van der Waals surface area contributed by atoms with Gasteiger partial charge in [0.25, 0.3) is 0 Å². The van der Waals surface area contributed by atoms with Crippen LogP contribution in [0.2, 0.25) is 0 Å². The molecule has 0 unspecified atom stereocenters. The Balaban J connectivity index is 2.18. The third-order valence-corrected chi connectivity index (χ3v) is 4.04. The van der Waals surface area contributed by atoms with Crippen molar-refractivity contribution in [3.05, 3.63) is 0 Å². The summed E-state index contributed by atoms with van der Waals surface area (Å²) in [4.78, 5) is 9.85. The summed E-state index contributed by atoms with van der Waals surface area (Å²) >= 11 is 0. The van der Waals surface area contributed by atoms with Crippen LogP contribution in [0.4, 0.5) is 0 Å². The molecular weight excluding hydrogens is 236 g/mol. The van der Waals surface area contributed by atoms with Crippen molar-refractivity contribution < 1.29 is 0 Å². The molecule has 4 nitrogen and oxygen atoms in total. The van der Waals surface area contributed by atoms with Crippen molar-refractivity contribution in [2.24, 2.45) is 0 Å². The van der Waals surface area contributed by atoms with E-state index < -0.39 is 0 Å². The zero-order valence-electron chi connectivity index (χ0n) is 13.6. The number of likely N-dealkylation sites (N-methyl/N-ethyl adjacent to an activating group) is 2. The van der Waals surface area contributed by atoms with E-state index in [0.717, 1.165) is 0 Å². The Morgan fingerprint density at radius 3 is 1.79 bits per heavy atom. The van der Waals surface area contributed by atoms with E-state index in [1.807, 2.05) is 0 Å². The minimum Gasteiger partial charge on any atom is -0.309 e. The second-order valence-corrected chi connectivity index (χ2v) is 6.31. The summed E-state index contributed by atoms with van der Waals surface area (Å²) < 4.78 is 0. The first-order valence-electron chi connectivity index (χ1n) is 7.82. The predicted octanol–water partition coefficient (Wildman–Crippen LogP) is 0.898. The van der Waals surface area contributed by atoms with E-state index in [9.17, 15) is 0 Å². The number of nitrogens with zero attached hydrogens (tertiary/aromatic N) is 4. The molecule has 0 radical (unpaired) electrons. The van der Waals surface area contributed by atoms with E-state index in [1.54, 1.807) is 0 Å².